The van der Waals surface area contributed by atoms with E-state index in [1.54, 1.807) is 30.3 Å². The van der Waals surface area contributed by atoms with Gasteiger partial charge in [0, 0.05) is 27.9 Å². The molecule has 2 aromatic heterocycles. The van der Waals surface area contributed by atoms with Crippen molar-refractivity contribution in [2.45, 2.75) is 12.5 Å². The fraction of sp³-hybridized carbons (Fsp3) is 0.154. The Labute approximate surface area is 208 Å². The summed E-state index contributed by atoms with van der Waals surface area (Å²) in [7, 11) is 1.46. The van der Waals surface area contributed by atoms with Crippen molar-refractivity contribution in [2.24, 2.45) is 0 Å². The number of amides is 1. The molecule has 1 atom stereocenters. The van der Waals surface area contributed by atoms with Crippen molar-refractivity contribution in [3.05, 3.63) is 98.4 Å². The number of benzene rings is 2. The number of aliphatic hydroxyl groups excluding tert-OH is 1. The number of methoxy groups -OCH3 is 1. The molecule has 0 bridgehead atoms. The average molecular weight is 512 g/mol. The predicted octanol–water partition coefficient (Wildman–Crippen LogP) is 6.12. The molecule has 1 aliphatic rings. The third-order valence-electron chi connectivity index (χ3n) is 5.91. The molecule has 1 unspecified atom stereocenters. The number of nitrogens with zero attached hydrogens (tertiary/aromatic N) is 1. The molecule has 0 saturated carbocycles. The normalized spacial score (nSPS) is 15.9. The van der Waals surface area contributed by atoms with Crippen LogP contribution in [0.1, 0.15) is 27.0 Å². The van der Waals surface area contributed by atoms with E-state index in [9.17, 15) is 19.1 Å². The summed E-state index contributed by atoms with van der Waals surface area (Å²) in [5, 5.41) is 13.6. The number of fused-ring (bicyclic) bond motifs is 1. The number of carbonyl (C=O) groups excluding carboxylic acids is 2. The minimum atomic E-state index is -0.783. The van der Waals surface area contributed by atoms with Gasteiger partial charge in [0.15, 0.2) is 22.9 Å². The highest BCUT2D eigenvalue weighted by atomic mass is 35.5. The Hall–Kier alpha value is -3.62. The van der Waals surface area contributed by atoms with Gasteiger partial charge >= 0.3 is 0 Å². The van der Waals surface area contributed by atoms with Gasteiger partial charge in [0.2, 0.25) is 5.78 Å². The first-order chi connectivity index (χ1) is 16.9. The lowest BCUT2D eigenvalue weighted by Gasteiger charge is -2.25. The molecule has 1 aliphatic heterocycles. The van der Waals surface area contributed by atoms with Gasteiger partial charge in [-0.1, -0.05) is 29.8 Å². The van der Waals surface area contributed by atoms with E-state index in [4.69, 9.17) is 20.8 Å². The average Bonchev–Trinajstić information content (AvgIpc) is 3.57. The number of Topliss-reactive ketones (excluding diaryl/α,β-unsaturated/α-hetero) is 1. The number of aliphatic hydroxyl groups is 1. The van der Waals surface area contributed by atoms with Crippen LogP contribution in [0.15, 0.2) is 75.7 Å². The third-order valence-corrected chi connectivity index (χ3v) is 7.05. The zero-order valence-electron chi connectivity index (χ0n) is 18.5. The molecule has 0 spiro atoms. The Balaban J connectivity index is 1.51. The SMILES string of the molecule is COc1cc(Cl)cc2cc(C(=O)C3=C(O)C(=O)N(CCc4ccc(F)cc4)C3c3cccs3)oc12. The maximum Gasteiger partial charge on any atom is 0.290 e. The van der Waals surface area contributed by atoms with E-state index in [1.807, 2.05) is 11.4 Å². The number of ether oxygens (including phenoxy) is 1. The first-order valence-electron chi connectivity index (χ1n) is 10.7. The van der Waals surface area contributed by atoms with Crippen LogP contribution in [0.2, 0.25) is 5.02 Å². The molecule has 35 heavy (non-hydrogen) atoms. The lowest BCUT2D eigenvalue weighted by Crippen LogP contribution is -2.32. The van der Waals surface area contributed by atoms with Crippen LogP contribution in [0.3, 0.4) is 0 Å². The second kappa shape index (κ2) is 9.20. The van der Waals surface area contributed by atoms with Crippen molar-refractivity contribution in [3.8, 4) is 5.75 Å². The Morgan fingerprint density at radius 1 is 1.23 bits per heavy atom. The molecule has 2 aromatic carbocycles. The topological polar surface area (TPSA) is 80.0 Å². The van der Waals surface area contributed by atoms with Crippen molar-refractivity contribution >= 4 is 45.6 Å². The van der Waals surface area contributed by atoms with Crippen molar-refractivity contribution in [1.29, 1.82) is 0 Å². The minimum absolute atomic E-state index is 0.0446. The number of furan rings is 1. The number of ketones is 1. The van der Waals surface area contributed by atoms with Gasteiger partial charge < -0.3 is 19.2 Å². The predicted molar refractivity (Wildman–Crippen MR) is 131 cm³/mol. The maximum atomic E-state index is 13.6. The number of rotatable bonds is 7. The summed E-state index contributed by atoms with van der Waals surface area (Å²) in [4.78, 5) is 28.9. The molecule has 4 aromatic rings. The highest BCUT2D eigenvalue weighted by Crippen LogP contribution is 2.42. The van der Waals surface area contributed by atoms with Crippen LogP contribution in [0.5, 0.6) is 5.75 Å². The maximum absolute atomic E-state index is 13.6. The smallest absolute Gasteiger partial charge is 0.290 e. The van der Waals surface area contributed by atoms with Crippen LogP contribution in [-0.2, 0) is 11.2 Å². The summed E-state index contributed by atoms with van der Waals surface area (Å²) < 4.78 is 24.4. The molecule has 6 nitrogen and oxygen atoms in total. The third kappa shape index (κ3) is 4.19. The molecule has 1 amide bonds. The standard InChI is InChI=1S/C26H19ClFNO5S/c1-33-19-13-16(27)11-15-12-18(34-25(15)19)23(30)21-22(20-3-2-10-35-20)29(26(32)24(21)31)9-8-14-4-6-17(28)7-5-14/h2-7,10-13,22,31H,8-9H2,1H3. The van der Waals surface area contributed by atoms with Crippen LogP contribution in [0, 0.1) is 5.82 Å². The van der Waals surface area contributed by atoms with Gasteiger partial charge in [-0.15, -0.1) is 11.3 Å². The van der Waals surface area contributed by atoms with Crippen LogP contribution < -0.4 is 4.74 Å². The summed E-state index contributed by atoms with van der Waals surface area (Å²) in [6.45, 7) is 0.220. The summed E-state index contributed by atoms with van der Waals surface area (Å²) in [6.07, 6.45) is 0.420. The van der Waals surface area contributed by atoms with Gasteiger partial charge in [-0.25, -0.2) is 4.39 Å². The number of hydrogen-bond donors (Lipinski definition) is 1. The number of thiophene rings is 1. The Morgan fingerprint density at radius 2 is 2.00 bits per heavy atom. The molecule has 178 valence electrons. The van der Waals surface area contributed by atoms with E-state index in [1.165, 1.54) is 41.5 Å². The van der Waals surface area contributed by atoms with E-state index in [-0.39, 0.29) is 23.7 Å². The molecule has 9 heteroatoms. The van der Waals surface area contributed by atoms with Crippen LogP contribution in [-0.4, -0.2) is 35.4 Å². The molecule has 5 rings (SSSR count). The quantitative estimate of drug-likeness (QED) is 0.302. The van der Waals surface area contributed by atoms with Crippen molar-refractivity contribution < 1.29 is 28.2 Å². The highest BCUT2D eigenvalue weighted by molar-refractivity contribution is 7.10. The number of halogens is 2. The number of carbonyl (C=O) groups is 2. The lowest BCUT2D eigenvalue weighted by molar-refractivity contribution is -0.129. The highest BCUT2D eigenvalue weighted by Gasteiger charge is 2.44. The summed E-state index contributed by atoms with van der Waals surface area (Å²) in [6, 6.07) is 13.6. The Kier molecular flexibility index (Phi) is 6.08. The largest absolute Gasteiger partial charge is 0.503 e. The second-order valence-corrected chi connectivity index (χ2v) is 9.44. The molecule has 0 radical (unpaired) electrons. The molecule has 0 saturated heterocycles. The summed E-state index contributed by atoms with van der Waals surface area (Å²) in [5.74, 6) is -1.89. The molecule has 0 aliphatic carbocycles. The monoisotopic (exact) mass is 511 g/mol. The second-order valence-electron chi connectivity index (χ2n) is 8.02. The van der Waals surface area contributed by atoms with Gasteiger partial charge in [-0.05, 0) is 47.7 Å². The van der Waals surface area contributed by atoms with Gasteiger partial charge in [0.1, 0.15) is 5.82 Å². The van der Waals surface area contributed by atoms with Gasteiger partial charge in [-0.3, -0.25) is 9.59 Å². The number of hydrogen-bond acceptors (Lipinski definition) is 6. The summed E-state index contributed by atoms with van der Waals surface area (Å²) in [5.41, 5.74) is 1.11. The van der Waals surface area contributed by atoms with Gasteiger partial charge in [-0.2, -0.15) is 0 Å². The van der Waals surface area contributed by atoms with Gasteiger partial charge in [0.25, 0.3) is 5.91 Å². The molecule has 3 heterocycles. The van der Waals surface area contributed by atoms with E-state index in [0.717, 1.165) is 10.4 Å². The fourth-order valence-electron chi connectivity index (χ4n) is 4.24. The van der Waals surface area contributed by atoms with Crippen molar-refractivity contribution in [2.75, 3.05) is 13.7 Å². The van der Waals surface area contributed by atoms with E-state index in [2.05, 4.69) is 0 Å². The van der Waals surface area contributed by atoms with Crippen molar-refractivity contribution in [1.82, 2.24) is 4.90 Å². The van der Waals surface area contributed by atoms with Crippen LogP contribution >= 0.6 is 22.9 Å². The molecular formula is C26H19ClFNO5S. The Morgan fingerprint density at radius 3 is 2.69 bits per heavy atom. The molecular weight excluding hydrogens is 493 g/mol. The fourth-order valence-corrected chi connectivity index (χ4v) is 5.30. The zero-order valence-corrected chi connectivity index (χ0v) is 20.0. The summed E-state index contributed by atoms with van der Waals surface area (Å²) >= 11 is 7.51. The molecule has 1 N–H and O–H groups in total. The minimum Gasteiger partial charge on any atom is -0.503 e. The van der Waals surface area contributed by atoms with Crippen LogP contribution in [0.4, 0.5) is 4.39 Å². The van der Waals surface area contributed by atoms with E-state index < -0.39 is 23.5 Å². The van der Waals surface area contributed by atoms with E-state index >= 15 is 0 Å². The first-order valence-corrected chi connectivity index (χ1v) is 12.0. The van der Waals surface area contributed by atoms with Crippen LogP contribution in [0.25, 0.3) is 11.0 Å². The lowest BCUT2D eigenvalue weighted by atomic mass is 10.00. The van der Waals surface area contributed by atoms with Crippen molar-refractivity contribution in [3.63, 3.8) is 0 Å². The molecule has 0 fully saturated rings. The van der Waals surface area contributed by atoms with Gasteiger partial charge in [0.05, 0.1) is 18.7 Å². The zero-order chi connectivity index (χ0) is 24.7. The first kappa shape index (κ1) is 23.1. The Bertz CT molecular complexity index is 1460. The van der Waals surface area contributed by atoms with E-state index in [0.29, 0.717) is 28.2 Å².